The van der Waals surface area contributed by atoms with Crippen LogP contribution in [0, 0.1) is 11.3 Å². The van der Waals surface area contributed by atoms with Crippen LogP contribution in [0.4, 0.5) is 0 Å². The predicted molar refractivity (Wildman–Crippen MR) is 44.1 cm³/mol. The Balaban J connectivity index is 4.34. The summed E-state index contributed by atoms with van der Waals surface area (Å²) < 4.78 is 4.73. The van der Waals surface area contributed by atoms with Gasteiger partial charge in [-0.25, -0.2) is 0 Å². The number of nitriles is 1. The van der Waals surface area contributed by atoms with E-state index in [1.165, 1.54) is 6.92 Å². The quantitative estimate of drug-likeness (QED) is 0.381. The van der Waals surface area contributed by atoms with Crippen molar-refractivity contribution in [3.63, 3.8) is 0 Å². The minimum absolute atomic E-state index is 0.225. The fraction of sp³-hybridized carbons (Fsp3) is 0.375. The molecule has 70 valence electrons. The molecule has 0 heterocycles. The molecule has 0 saturated carbocycles. The average molecular weight is 182 g/mol. The Hall–Kier alpha value is -1.83. The maximum Gasteiger partial charge on any atom is 0.271 e. The third-order valence-corrected chi connectivity index (χ3v) is 1.02. The normalized spacial score (nSPS) is 10.1. The zero-order valence-corrected chi connectivity index (χ0v) is 7.46. The predicted octanol–water partition coefficient (Wildman–Crippen LogP) is 0.0931. The topological polar surface area (TPSA) is 79.2 Å². The molecule has 0 radical (unpaired) electrons. The number of hydrogen-bond acceptors (Lipinski definition) is 4. The molecule has 0 bridgehead atoms. The molecule has 5 nitrogen and oxygen atoms in total. The number of amides is 2. The molecule has 0 saturated heterocycles. The zero-order valence-electron chi connectivity index (χ0n) is 7.46. The van der Waals surface area contributed by atoms with E-state index >= 15 is 0 Å². The van der Waals surface area contributed by atoms with Crippen LogP contribution in [0.25, 0.3) is 0 Å². The second-order valence-corrected chi connectivity index (χ2v) is 2.11. The Bertz CT molecular complexity index is 276. The molecule has 0 aliphatic carbocycles. The highest BCUT2D eigenvalue weighted by Crippen LogP contribution is 1.92. The van der Waals surface area contributed by atoms with Crippen LogP contribution >= 0.6 is 0 Å². The maximum atomic E-state index is 11.0. The average Bonchev–Trinajstić information content (AvgIpc) is 2.04. The van der Waals surface area contributed by atoms with Gasteiger partial charge in [0.05, 0.1) is 6.61 Å². The molecule has 0 aliphatic rings. The Kier molecular flexibility index (Phi) is 4.96. The van der Waals surface area contributed by atoms with E-state index in [-0.39, 0.29) is 5.57 Å². The van der Waals surface area contributed by atoms with E-state index in [0.29, 0.717) is 6.61 Å². The van der Waals surface area contributed by atoms with Gasteiger partial charge in [0.15, 0.2) is 5.57 Å². The first-order chi connectivity index (χ1) is 6.11. The molecule has 0 unspecified atom stereocenters. The van der Waals surface area contributed by atoms with E-state index in [4.69, 9.17) is 10.00 Å². The van der Waals surface area contributed by atoms with Crippen LogP contribution in [0.15, 0.2) is 11.8 Å². The number of nitrogens with zero attached hydrogens (tertiary/aromatic N) is 1. The third-order valence-electron chi connectivity index (χ3n) is 1.02. The van der Waals surface area contributed by atoms with Gasteiger partial charge < -0.3 is 4.74 Å². The molecule has 0 aromatic carbocycles. The van der Waals surface area contributed by atoms with E-state index in [1.807, 2.05) is 5.32 Å². The molecule has 13 heavy (non-hydrogen) atoms. The molecule has 0 rings (SSSR count). The molecule has 2 amide bonds. The molecule has 0 fully saturated rings. The Labute approximate surface area is 76.0 Å². The standard InChI is InChI=1S/C8H10N2O3/c1-3-13-5-7(4-9)8(12)10-6(2)11/h5H,3H2,1-2H3,(H,10,11,12). The first-order valence-electron chi connectivity index (χ1n) is 3.65. The van der Waals surface area contributed by atoms with Gasteiger partial charge in [-0.05, 0) is 6.92 Å². The molecule has 0 aromatic heterocycles. The second kappa shape index (κ2) is 5.77. The number of ether oxygens (including phenoxy) is 1. The number of imide groups is 1. The van der Waals surface area contributed by atoms with Crippen LogP contribution in [0.3, 0.4) is 0 Å². The Morgan fingerprint density at radius 2 is 2.23 bits per heavy atom. The second-order valence-electron chi connectivity index (χ2n) is 2.11. The fourth-order valence-electron chi connectivity index (χ4n) is 0.525. The number of rotatable bonds is 3. The third kappa shape index (κ3) is 4.58. The number of nitrogens with one attached hydrogen (secondary N) is 1. The first-order valence-corrected chi connectivity index (χ1v) is 3.65. The summed E-state index contributed by atoms with van der Waals surface area (Å²) in [5.74, 6) is -1.26. The van der Waals surface area contributed by atoms with Crippen LogP contribution in [-0.2, 0) is 14.3 Å². The van der Waals surface area contributed by atoms with Crippen molar-refractivity contribution in [1.29, 1.82) is 5.26 Å². The van der Waals surface area contributed by atoms with Gasteiger partial charge >= 0.3 is 0 Å². The van der Waals surface area contributed by atoms with Crippen molar-refractivity contribution < 1.29 is 14.3 Å². The van der Waals surface area contributed by atoms with Gasteiger partial charge in [0, 0.05) is 6.92 Å². The highest BCUT2D eigenvalue weighted by Gasteiger charge is 2.09. The Morgan fingerprint density at radius 3 is 2.62 bits per heavy atom. The van der Waals surface area contributed by atoms with Gasteiger partial charge in [-0.2, -0.15) is 5.26 Å². The molecule has 0 aromatic rings. The summed E-state index contributed by atoms with van der Waals surface area (Å²) in [4.78, 5) is 21.4. The summed E-state index contributed by atoms with van der Waals surface area (Å²) in [5, 5.41) is 10.4. The van der Waals surface area contributed by atoms with E-state index < -0.39 is 11.8 Å². The van der Waals surface area contributed by atoms with Crippen LogP contribution < -0.4 is 5.32 Å². The van der Waals surface area contributed by atoms with Gasteiger partial charge in [0.1, 0.15) is 12.3 Å². The smallest absolute Gasteiger partial charge is 0.271 e. The van der Waals surface area contributed by atoms with Gasteiger partial charge in [-0.1, -0.05) is 0 Å². The lowest BCUT2D eigenvalue weighted by atomic mass is 10.3. The highest BCUT2D eigenvalue weighted by atomic mass is 16.5. The summed E-state index contributed by atoms with van der Waals surface area (Å²) in [7, 11) is 0. The van der Waals surface area contributed by atoms with E-state index in [1.54, 1.807) is 13.0 Å². The fourth-order valence-corrected chi connectivity index (χ4v) is 0.525. The zero-order chi connectivity index (χ0) is 10.3. The van der Waals surface area contributed by atoms with Crippen LogP contribution in [0.1, 0.15) is 13.8 Å². The summed E-state index contributed by atoms with van der Waals surface area (Å²) >= 11 is 0. The summed E-state index contributed by atoms with van der Waals surface area (Å²) in [6.45, 7) is 3.26. The van der Waals surface area contributed by atoms with Crippen LogP contribution in [-0.4, -0.2) is 18.4 Å². The van der Waals surface area contributed by atoms with Crippen molar-refractivity contribution in [2.75, 3.05) is 6.61 Å². The molecule has 5 heteroatoms. The molecule has 0 spiro atoms. The lowest BCUT2D eigenvalue weighted by Crippen LogP contribution is -2.29. The summed E-state index contributed by atoms with van der Waals surface area (Å²) in [5.41, 5.74) is -0.225. The monoisotopic (exact) mass is 182 g/mol. The lowest BCUT2D eigenvalue weighted by molar-refractivity contribution is -0.127. The molecule has 0 aliphatic heterocycles. The van der Waals surface area contributed by atoms with Crippen LogP contribution in [0.2, 0.25) is 0 Å². The molecular formula is C8H10N2O3. The minimum Gasteiger partial charge on any atom is -0.500 e. The molecule has 1 N–H and O–H groups in total. The maximum absolute atomic E-state index is 11.0. The van der Waals surface area contributed by atoms with Gasteiger partial charge in [-0.3, -0.25) is 14.9 Å². The molecular weight excluding hydrogens is 172 g/mol. The van der Waals surface area contributed by atoms with Crippen molar-refractivity contribution in [3.05, 3.63) is 11.8 Å². The van der Waals surface area contributed by atoms with Crippen molar-refractivity contribution in [1.82, 2.24) is 5.32 Å². The van der Waals surface area contributed by atoms with Gasteiger partial charge in [0.25, 0.3) is 5.91 Å². The van der Waals surface area contributed by atoms with E-state index in [0.717, 1.165) is 6.26 Å². The molecule has 0 atom stereocenters. The Morgan fingerprint density at radius 1 is 1.62 bits per heavy atom. The van der Waals surface area contributed by atoms with E-state index in [2.05, 4.69) is 0 Å². The SMILES string of the molecule is CCOC=C(C#N)C(=O)NC(C)=O. The highest BCUT2D eigenvalue weighted by molar-refractivity contribution is 6.05. The van der Waals surface area contributed by atoms with Crippen molar-refractivity contribution in [3.8, 4) is 6.07 Å². The van der Waals surface area contributed by atoms with Gasteiger partial charge in [-0.15, -0.1) is 0 Å². The van der Waals surface area contributed by atoms with Crippen molar-refractivity contribution >= 4 is 11.8 Å². The summed E-state index contributed by atoms with van der Waals surface area (Å²) in [6.07, 6.45) is 1.03. The lowest BCUT2D eigenvalue weighted by Gasteiger charge is -1.98. The van der Waals surface area contributed by atoms with Gasteiger partial charge in [0.2, 0.25) is 5.91 Å². The first kappa shape index (κ1) is 11.2. The van der Waals surface area contributed by atoms with E-state index in [9.17, 15) is 9.59 Å². The number of hydrogen-bond donors (Lipinski definition) is 1. The van der Waals surface area contributed by atoms with Crippen molar-refractivity contribution in [2.45, 2.75) is 13.8 Å². The largest absolute Gasteiger partial charge is 0.500 e. The van der Waals surface area contributed by atoms with Crippen molar-refractivity contribution in [2.24, 2.45) is 0 Å². The number of carbonyl (C=O) groups is 2. The number of carbonyl (C=O) groups excluding carboxylic acids is 2. The van der Waals surface area contributed by atoms with Crippen LogP contribution in [0.5, 0.6) is 0 Å². The summed E-state index contributed by atoms with van der Waals surface area (Å²) in [6, 6.07) is 1.61. The minimum atomic E-state index is -0.747.